The number of carboxylic acid groups (broad SMARTS) is 1. The Bertz CT molecular complexity index is 445. The van der Waals surface area contributed by atoms with Crippen LogP contribution in [-0.2, 0) is 9.53 Å². The molecule has 0 aliphatic carbocycles. The van der Waals surface area contributed by atoms with Crippen LogP contribution in [0.25, 0.3) is 0 Å². The van der Waals surface area contributed by atoms with E-state index >= 15 is 0 Å². The monoisotopic (exact) mass is 223 g/mol. The normalized spacial score (nSPS) is 23.6. The molecule has 0 aromatic heterocycles. The van der Waals surface area contributed by atoms with Gasteiger partial charge >= 0.3 is 12.1 Å². The van der Waals surface area contributed by atoms with E-state index in [9.17, 15) is 14.7 Å². The van der Waals surface area contributed by atoms with Gasteiger partial charge in [0.2, 0.25) is 0 Å². The fourth-order valence-electron chi connectivity index (χ4n) is 1.57. The van der Waals surface area contributed by atoms with Crippen molar-refractivity contribution in [3.63, 3.8) is 0 Å². The van der Waals surface area contributed by atoms with Gasteiger partial charge < -0.3 is 20.3 Å². The van der Waals surface area contributed by atoms with Gasteiger partial charge in [-0.3, -0.25) is 0 Å². The highest BCUT2D eigenvalue weighted by molar-refractivity contribution is 5.84. The van der Waals surface area contributed by atoms with Gasteiger partial charge in [-0.2, -0.15) is 0 Å². The molecule has 1 heterocycles. The maximum Gasteiger partial charge on any atom is 0.408 e. The lowest BCUT2D eigenvalue weighted by Gasteiger charge is -2.13. The van der Waals surface area contributed by atoms with Gasteiger partial charge in [-0.15, -0.1) is 0 Å². The molecule has 1 fully saturated rings. The standard InChI is InChI=1S/C10H9NO5/c12-6-3-1-2-5(4-6)8-7(9(13)14)11-10(15)16-8/h1-4,7-8,12H,(H,11,15)(H,13,14). The lowest BCUT2D eigenvalue weighted by atomic mass is 10.0. The van der Waals surface area contributed by atoms with Crippen LogP contribution in [0, 0.1) is 0 Å². The summed E-state index contributed by atoms with van der Waals surface area (Å²) in [6.07, 6.45) is -1.70. The molecule has 0 saturated carbocycles. The third-order valence-corrected chi connectivity index (χ3v) is 2.27. The number of nitrogens with one attached hydrogen (secondary N) is 1. The number of amides is 1. The molecule has 1 aliphatic heterocycles. The smallest absolute Gasteiger partial charge is 0.408 e. The van der Waals surface area contributed by atoms with Gasteiger partial charge in [0.25, 0.3) is 0 Å². The number of hydrogen-bond donors (Lipinski definition) is 3. The Labute approximate surface area is 90.5 Å². The van der Waals surface area contributed by atoms with Crippen LogP contribution in [0.1, 0.15) is 11.7 Å². The molecule has 3 N–H and O–H groups in total. The summed E-state index contributed by atoms with van der Waals surface area (Å²) >= 11 is 0. The molecule has 6 nitrogen and oxygen atoms in total. The Kier molecular flexibility index (Phi) is 2.40. The van der Waals surface area contributed by atoms with Crippen LogP contribution in [0.2, 0.25) is 0 Å². The third-order valence-electron chi connectivity index (χ3n) is 2.27. The second-order valence-electron chi connectivity index (χ2n) is 3.38. The number of carboxylic acids is 1. The summed E-state index contributed by atoms with van der Waals surface area (Å²) in [7, 11) is 0. The van der Waals surface area contributed by atoms with Gasteiger partial charge in [-0.1, -0.05) is 12.1 Å². The Balaban J connectivity index is 2.32. The molecular formula is C10H9NO5. The Morgan fingerprint density at radius 2 is 2.19 bits per heavy atom. The van der Waals surface area contributed by atoms with Gasteiger partial charge in [0.15, 0.2) is 12.1 Å². The zero-order valence-corrected chi connectivity index (χ0v) is 8.08. The lowest BCUT2D eigenvalue weighted by Crippen LogP contribution is -2.35. The number of phenolic OH excluding ortho intramolecular Hbond substituents is 1. The van der Waals surface area contributed by atoms with Crippen LogP contribution in [0.3, 0.4) is 0 Å². The average molecular weight is 223 g/mol. The maximum atomic E-state index is 11.0. The number of cyclic esters (lactones) is 1. The largest absolute Gasteiger partial charge is 0.508 e. The number of aliphatic carboxylic acids is 1. The van der Waals surface area contributed by atoms with Gasteiger partial charge in [0.1, 0.15) is 5.75 Å². The van der Waals surface area contributed by atoms with E-state index in [4.69, 9.17) is 9.84 Å². The van der Waals surface area contributed by atoms with E-state index in [1.54, 1.807) is 12.1 Å². The Hall–Kier alpha value is -2.24. The first-order valence-electron chi connectivity index (χ1n) is 4.57. The van der Waals surface area contributed by atoms with Crippen molar-refractivity contribution >= 4 is 12.1 Å². The first-order valence-corrected chi connectivity index (χ1v) is 4.57. The number of hydrogen-bond acceptors (Lipinski definition) is 4. The fourth-order valence-corrected chi connectivity index (χ4v) is 1.57. The van der Waals surface area contributed by atoms with Crippen molar-refractivity contribution in [2.45, 2.75) is 12.1 Å². The molecule has 2 atom stereocenters. The first kappa shape index (κ1) is 10.3. The van der Waals surface area contributed by atoms with Crippen LogP contribution >= 0.6 is 0 Å². The number of carbonyl (C=O) groups excluding carboxylic acids is 1. The van der Waals surface area contributed by atoms with E-state index in [1.807, 2.05) is 0 Å². The van der Waals surface area contributed by atoms with E-state index in [-0.39, 0.29) is 5.75 Å². The SMILES string of the molecule is O=C1NC(C(=O)O)C(c2cccc(O)c2)O1. The number of alkyl carbamates (subject to hydrolysis) is 1. The molecule has 16 heavy (non-hydrogen) atoms. The van der Waals surface area contributed by atoms with Crippen molar-refractivity contribution < 1.29 is 24.5 Å². The number of ether oxygens (including phenoxy) is 1. The van der Waals surface area contributed by atoms with Crippen LogP contribution in [0.15, 0.2) is 24.3 Å². The van der Waals surface area contributed by atoms with Crippen LogP contribution in [-0.4, -0.2) is 28.3 Å². The highest BCUT2D eigenvalue weighted by Crippen LogP contribution is 2.28. The number of aromatic hydroxyl groups is 1. The van der Waals surface area contributed by atoms with Crippen molar-refractivity contribution in [2.75, 3.05) is 0 Å². The zero-order chi connectivity index (χ0) is 11.7. The highest BCUT2D eigenvalue weighted by Gasteiger charge is 2.40. The molecule has 0 spiro atoms. The zero-order valence-electron chi connectivity index (χ0n) is 8.08. The van der Waals surface area contributed by atoms with Crippen LogP contribution in [0.5, 0.6) is 5.75 Å². The molecule has 1 aromatic rings. The number of benzene rings is 1. The van der Waals surface area contributed by atoms with Gasteiger partial charge in [-0.25, -0.2) is 9.59 Å². The number of carbonyl (C=O) groups is 2. The van der Waals surface area contributed by atoms with Crippen LogP contribution < -0.4 is 5.32 Å². The van der Waals surface area contributed by atoms with E-state index in [0.29, 0.717) is 5.56 Å². The second kappa shape index (κ2) is 3.73. The minimum absolute atomic E-state index is 0.00964. The van der Waals surface area contributed by atoms with Crippen molar-refractivity contribution in [1.29, 1.82) is 0 Å². The molecule has 0 bridgehead atoms. The summed E-state index contributed by atoms with van der Waals surface area (Å²) in [6, 6.07) is 4.81. The van der Waals surface area contributed by atoms with E-state index in [0.717, 1.165) is 0 Å². The summed E-state index contributed by atoms with van der Waals surface area (Å²) in [4.78, 5) is 21.8. The molecule has 6 heteroatoms. The van der Waals surface area contributed by atoms with E-state index in [1.165, 1.54) is 12.1 Å². The predicted octanol–water partition coefficient (Wildman–Crippen LogP) is 0.626. The van der Waals surface area contributed by atoms with Gasteiger partial charge in [0.05, 0.1) is 0 Å². The molecule has 84 valence electrons. The second-order valence-corrected chi connectivity index (χ2v) is 3.38. The molecule has 0 radical (unpaired) electrons. The molecule has 1 amide bonds. The third kappa shape index (κ3) is 1.77. The summed E-state index contributed by atoms with van der Waals surface area (Å²) in [5.74, 6) is -1.19. The molecule has 2 unspecified atom stereocenters. The average Bonchev–Trinajstić information content (AvgIpc) is 2.60. The Morgan fingerprint density at radius 3 is 2.81 bits per heavy atom. The molecule has 2 rings (SSSR count). The summed E-state index contributed by atoms with van der Waals surface area (Å²) in [5, 5.41) is 20.3. The highest BCUT2D eigenvalue weighted by atomic mass is 16.6. The van der Waals surface area contributed by atoms with Crippen molar-refractivity contribution in [3.05, 3.63) is 29.8 Å². The maximum absolute atomic E-state index is 11.0. The topological polar surface area (TPSA) is 95.9 Å². The van der Waals surface area contributed by atoms with Crippen LogP contribution in [0.4, 0.5) is 4.79 Å². The van der Waals surface area contributed by atoms with Crippen molar-refractivity contribution in [1.82, 2.24) is 5.32 Å². The minimum atomic E-state index is -1.18. The quantitative estimate of drug-likeness (QED) is 0.683. The van der Waals surface area contributed by atoms with E-state index < -0.39 is 24.2 Å². The number of phenols is 1. The fraction of sp³-hybridized carbons (Fsp3) is 0.200. The van der Waals surface area contributed by atoms with Gasteiger partial charge in [0, 0.05) is 0 Å². The predicted molar refractivity (Wildman–Crippen MR) is 51.9 cm³/mol. The van der Waals surface area contributed by atoms with Crippen molar-refractivity contribution in [3.8, 4) is 5.75 Å². The minimum Gasteiger partial charge on any atom is -0.508 e. The van der Waals surface area contributed by atoms with Gasteiger partial charge in [-0.05, 0) is 17.7 Å². The molecule has 1 saturated heterocycles. The molecular weight excluding hydrogens is 214 g/mol. The summed E-state index contributed by atoms with van der Waals surface area (Å²) < 4.78 is 4.83. The van der Waals surface area contributed by atoms with E-state index in [2.05, 4.69) is 5.32 Å². The lowest BCUT2D eigenvalue weighted by molar-refractivity contribution is -0.140. The number of rotatable bonds is 2. The summed E-state index contributed by atoms with van der Waals surface area (Å²) in [5.41, 5.74) is 0.436. The first-order chi connectivity index (χ1) is 7.58. The Morgan fingerprint density at radius 1 is 1.44 bits per heavy atom. The summed E-state index contributed by atoms with van der Waals surface area (Å²) in [6.45, 7) is 0. The van der Waals surface area contributed by atoms with Crippen molar-refractivity contribution in [2.24, 2.45) is 0 Å². The molecule has 1 aromatic carbocycles. The molecule has 1 aliphatic rings.